The van der Waals surface area contributed by atoms with Gasteiger partial charge in [0.25, 0.3) is 5.91 Å². The molecule has 0 bridgehead atoms. The Balaban J connectivity index is 1.81. The number of carboxylic acid groups (broad SMARTS) is 1. The van der Waals surface area contributed by atoms with Crippen molar-refractivity contribution < 1.29 is 19.4 Å². The Morgan fingerprint density at radius 3 is 2.50 bits per heavy atom. The molecule has 2 heterocycles. The van der Waals surface area contributed by atoms with Crippen molar-refractivity contribution in [1.82, 2.24) is 14.8 Å². The highest BCUT2D eigenvalue weighted by atomic mass is 16.5. The fourth-order valence-corrected chi connectivity index (χ4v) is 3.41. The molecule has 0 aliphatic carbocycles. The van der Waals surface area contributed by atoms with Gasteiger partial charge in [-0.25, -0.2) is 9.78 Å². The van der Waals surface area contributed by atoms with Gasteiger partial charge in [-0.3, -0.25) is 4.79 Å². The van der Waals surface area contributed by atoms with Gasteiger partial charge in [0.1, 0.15) is 0 Å². The summed E-state index contributed by atoms with van der Waals surface area (Å²) >= 11 is 0. The van der Waals surface area contributed by atoms with Crippen LogP contribution in [0.15, 0.2) is 36.4 Å². The number of likely N-dealkylation sites (tertiary alicyclic amines) is 1. The first-order valence-electron chi connectivity index (χ1n) is 9.24. The summed E-state index contributed by atoms with van der Waals surface area (Å²) in [7, 11) is 5.53. The summed E-state index contributed by atoms with van der Waals surface area (Å²) in [5, 5.41) is 9.26. The molecule has 28 heavy (non-hydrogen) atoms. The molecule has 0 saturated carbocycles. The number of methoxy groups -OCH3 is 1. The van der Waals surface area contributed by atoms with Crippen molar-refractivity contribution in [3.8, 4) is 17.1 Å². The average molecular weight is 383 g/mol. The van der Waals surface area contributed by atoms with Gasteiger partial charge in [0.2, 0.25) is 5.88 Å². The van der Waals surface area contributed by atoms with Crippen molar-refractivity contribution in [1.29, 1.82) is 0 Å². The van der Waals surface area contributed by atoms with Crippen LogP contribution < -0.4 is 4.74 Å². The number of nitrogens with zero attached hydrogens (tertiary/aromatic N) is 3. The number of hydrogen-bond acceptors (Lipinski definition) is 5. The van der Waals surface area contributed by atoms with Crippen LogP contribution in [-0.2, 0) is 0 Å². The van der Waals surface area contributed by atoms with Gasteiger partial charge in [0.15, 0.2) is 0 Å². The molecular weight excluding hydrogens is 358 g/mol. The first-order valence-corrected chi connectivity index (χ1v) is 9.24. The molecule has 1 aliphatic rings. The molecule has 0 radical (unpaired) electrons. The van der Waals surface area contributed by atoms with E-state index in [1.807, 2.05) is 19.0 Å². The fourth-order valence-electron chi connectivity index (χ4n) is 3.41. The Bertz CT molecular complexity index is 864. The molecule has 7 nitrogen and oxygen atoms in total. The molecule has 0 unspecified atom stereocenters. The first-order chi connectivity index (χ1) is 13.4. The Morgan fingerprint density at radius 2 is 1.89 bits per heavy atom. The maximum absolute atomic E-state index is 12.9. The second kappa shape index (κ2) is 8.39. The number of ether oxygens (including phenoxy) is 1. The summed E-state index contributed by atoms with van der Waals surface area (Å²) in [6.45, 7) is 1.50. The van der Waals surface area contributed by atoms with Crippen LogP contribution in [-0.4, -0.2) is 72.1 Å². The molecule has 1 atom stereocenters. The van der Waals surface area contributed by atoms with E-state index < -0.39 is 5.97 Å². The van der Waals surface area contributed by atoms with Crippen LogP contribution >= 0.6 is 0 Å². The molecule has 3 rings (SSSR count). The summed E-state index contributed by atoms with van der Waals surface area (Å²) in [4.78, 5) is 32.5. The lowest BCUT2D eigenvalue weighted by Crippen LogP contribution is -2.47. The molecule has 2 aromatic rings. The number of amides is 1. The van der Waals surface area contributed by atoms with Crippen molar-refractivity contribution in [3.63, 3.8) is 0 Å². The maximum atomic E-state index is 12.9. The lowest BCUT2D eigenvalue weighted by molar-refractivity contribution is 0.0634. The van der Waals surface area contributed by atoms with Crippen LogP contribution in [0.5, 0.6) is 5.88 Å². The molecule has 7 heteroatoms. The Morgan fingerprint density at radius 1 is 1.18 bits per heavy atom. The molecule has 148 valence electrons. The van der Waals surface area contributed by atoms with Gasteiger partial charge in [0.05, 0.1) is 18.4 Å². The number of aromatic carboxylic acids is 1. The highest BCUT2D eigenvalue weighted by molar-refractivity contribution is 5.95. The van der Waals surface area contributed by atoms with Crippen LogP contribution in [0.2, 0.25) is 0 Å². The van der Waals surface area contributed by atoms with Gasteiger partial charge in [-0.1, -0.05) is 12.1 Å². The monoisotopic (exact) mass is 383 g/mol. The van der Waals surface area contributed by atoms with E-state index in [1.54, 1.807) is 24.3 Å². The van der Waals surface area contributed by atoms with Crippen molar-refractivity contribution in [2.24, 2.45) is 0 Å². The van der Waals surface area contributed by atoms with E-state index in [2.05, 4.69) is 9.88 Å². The van der Waals surface area contributed by atoms with Gasteiger partial charge in [-0.15, -0.1) is 0 Å². The molecule has 1 aliphatic heterocycles. The predicted octanol–water partition coefficient (Wildman–Crippen LogP) is 2.62. The molecule has 1 saturated heterocycles. The number of pyridine rings is 1. The molecule has 1 N–H and O–H groups in total. The number of likely N-dealkylation sites (N-methyl/N-ethyl adjacent to an activating group) is 1. The largest absolute Gasteiger partial charge is 0.481 e. The van der Waals surface area contributed by atoms with Crippen molar-refractivity contribution in [2.75, 3.05) is 34.3 Å². The van der Waals surface area contributed by atoms with Gasteiger partial charge >= 0.3 is 5.97 Å². The Kier molecular flexibility index (Phi) is 5.94. The topological polar surface area (TPSA) is 83.0 Å². The molecule has 1 aromatic carbocycles. The van der Waals surface area contributed by atoms with Gasteiger partial charge in [-0.05, 0) is 45.1 Å². The van der Waals surface area contributed by atoms with Crippen LogP contribution in [0.4, 0.5) is 0 Å². The highest BCUT2D eigenvalue weighted by Gasteiger charge is 2.25. The summed E-state index contributed by atoms with van der Waals surface area (Å²) in [5.74, 6) is -0.796. The minimum Gasteiger partial charge on any atom is -0.481 e. The third-order valence-electron chi connectivity index (χ3n) is 5.10. The highest BCUT2D eigenvalue weighted by Crippen LogP contribution is 2.24. The standard InChI is InChI=1S/C21H25N3O4/c1-23(2)17-5-4-10-24(13-17)20(25)15-8-6-14(7-9-15)18-11-16(21(26)27)12-19(22-18)28-3/h6-9,11-12,17H,4-5,10,13H2,1-3H3,(H,26,27)/t17-/m1/s1. The molecular formula is C21H25N3O4. The van der Waals surface area contributed by atoms with Gasteiger partial charge in [0, 0.05) is 36.3 Å². The quantitative estimate of drug-likeness (QED) is 0.855. The zero-order valence-electron chi connectivity index (χ0n) is 16.4. The number of carbonyl (C=O) groups is 2. The second-order valence-corrected chi connectivity index (χ2v) is 7.18. The molecule has 1 fully saturated rings. The lowest BCUT2D eigenvalue weighted by atomic mass is 10.0. The lowest BCUT2D eigenvalue weighted by Gasteiger charge is -2.36. The van der Waals surface area contributed by atoms with Crippen molar-refractivity contribution in [2.45, 2.75) is 18.9 Å². The maximum Gasteiger partial charge on any atom is 0.335 e. The summed E-state index contributed by atoms with van der Waals surface area (Å²) in [6, 6.07) is 10.3. The molecule has 1 aromatic heterocycles. The van der Waals surface area contributed by atoms with E-state index in [-0.39, 0.29) is 17.4 Å². The number of rotatable bonds is 5. The van der Waals surface area contributed by atoms with E-state index in [1.165, 1.54) is 19.2 Å². The summed E-state index contributed by atoms with van der Waals surface area (Å²) < 4.78 is 5.10. The number of carbonyl (C=O) groups excluding carboxylic acids is 1. The zero-order valence-corrected chi connectivity index (χ0v) is 16.4. The second-order valence-electron chi connectivity index (χ2n) is 7.18. The van der Waals surface area contributed by atoms with Crippen LogP contribution in [0, 0.1) is 0 Å². The molecule has 0 spiro atoms. The number of piperidine rings is 1. The van der Waals surface area contributed by atoms with Gasteiger partial charge in [-0.2, -0.15) is 0 Å². The Labute approximate surface area is 164 Å². The average Bonchev–Trinajstić information content (AvgIpc) is 2.73. The fraction of sp³-hybridized carbons (Fsp3) is 0.381. The van der Waals surface area contributed by atoms with E-state index in [9.17, 15) is 14.7 Å². The van der Waals surface area contributed by atoms with Crippen LogP contribution in [0.25, 0.3) is 11.3 Å². The van der Waals surface area contributed by atoms with Crippen LogP contribution in [0.1, 0.15) is 33.6 Å². The third kappa shape index (κ3) is 4.31. The van der Waals surface area contributed by atoms with Gasteiger partial charge < -0.3 is 19.6 Å². The Hall–Kier alpha value is -2.93. The normalized spacial score (nSPS) is 16.9. The van der Waals surface area contributed by atoms with E-state index in [4.69, 9.17) is 4.74 Å². The number of benzene rings is 1. The number of hydrogen-bond donors (Lipinski definition) is 1. The summed E-state index contributed by atoms with van der Waals surface area (Å²) in [5.41, 5.74) is 1.93. The zero-order chi connectivity index (χ0) is 20.3. The number of carboxylic acids is 1. The van der Waals surface area contributed by atoms with Crippen LogP contribution in [0.3, 0.4) is 0 Å². The first kappa shape index (κ1) is 19.8. The predicted molar refractivity (Wildman–Crippen MR) is 106 cm³/mol. The third-order valence-corrected chi connectivity index (χ3v) is 5.10. The molecule has 1 amide bonds. The van der Waals surface area contributed by atoms with E-state index in [0.29, 0.717) is 17.3 Å². The summed E-state index contributed by atoms with van der Waals surface area (Å²) in [6.07, 6.45) is 2.10. The SMILES string of the molecule is COc1cc(C(=O)O)cc(-c2ccc(C(=O)N3CCC[C@@H](N(C)C)C3)cc2)n1. The van der Waals surface area contributed by atoms with E-state index >= 15 is 0 Å². The smallest absolute Gasteiger partial charge is 0.335 e. The van der Waals surface area contributed by atoms with E-state index in [0.717, 1.165) is 31.5 Å². The minimum absolute atomic E-state index is 0.0166. The van der Waals surface area contributed by atoms with Crippen molar-refractivity contribution >= 4 is 11.9 Å². The van der Waals surface area contributed by atoms with Crippen molar-refractivity contribution in [3.05, 3.63) is 47.5 Å². The minimum atomic E-state index is -1.05. The number of aromatic nitrogens is 1.